The Balaban J connectivity index is 2.09. The maximum atomic E-state index is 11.7. The fourth-order valence-electron chi connectivity index (χ4n) is 2.35. The molecule has 1 saturated heterocycles. The van der Waals surface area contributed by atoms with E-state index in [-0.39, 0.29) is 11.3 Å². The third-order valence-electron chi connectivity index (χ3n) is 3.47. The van der Waals surface area contributed by atoms with E-state index in [4.69, 9.17) is 25.8 Å². The van der Waals surface area contributed by atoms with Crippen LogP contribution in [0.25, 0.3) is 0 Å². The van der Waals surface area contributed by atoms with E-state index in [2.05, 4.69) is 29.0 Å². The Morgan fingerprint density at radius 2 is 1.77 bits per heavy atom. The number of aliphatic hydroxyl groups is 2. The highest BCUT2D eigenvalue weighted by Crippen LogP contribution is 2.66. The van der Waals surface area contributed by atoms with Gasteiger partial charge in [-0.2, -0.15) is 8.62 Å². The van der Waals surface area contributed by atoms with Crippen molar-refractivity contribution >= 4 is 23.5 Å². The number of aromatic amines is 1. The highest BCUT2D eigenvalue weighted by Gasteiger charge is 2.46. The van der Waals surface area contributed by atoms with Gasteiger partial charge in [0.2, 0.25) is 0 Å². The van der Waals surface area contributed by atoms with Gasteiger partial charge < -0.3 is 34.5 Å². The number of phosphoric acid groups is 3. The summed E-state index contributed by atoms with van der Waals surface area (Å²) in [6, 6.07) is 0. The lowest BCUT2D eigenvalue weighted by atomic mass is 10.0. The maximum Gasteiger partial charge on any atom is 0.490 e. The fourth-order valence-corrected chi connectivity index (χ4v) is 5.38. The first-order chi connectivity index (χ1) is 13.6. The van der Waals surface area contributed by atoms with Gasteiger partial charge in [0.1, 0.15) is 30.1 Å². The van der Waals surface area contributed by atoms with Crippen molar-refractivity contribution in [2.45, 2.75) is 24.4 Å². The summed E-state index contributed by atoms with van der Waals surface area (Å²) >= 11 is 0. The number of nitrogens with one attached hydrogen (secondary N) is 1. The molecule has 168 valence electrons. The summed E-state index contributed by atoms with van der Waals surface area (Å²) in [7, 11) is -16.7. The Morgan fingerprint density at radius 1 is 1.13 bits per heavy atom. The van der Waals surface area contributed by atoms with Crippen molar-refractivity contribution in [3.63, 3.8) is 0 Å². The summed E-state index contributed by atoms with van der Waals surface area (Å²) in [5, 5.41) is 20.2. The summed E-state index contributed by atoms with van der Waals surface area (Å²) in [4.78, 5) is 52.3. The number of ether oxygens (including phenoxy) is 1. The third-order valence-corrected chi connectivity index (χ3v) is 7.28. The second-order valence-electron chi connectivity index (χ2n) is 5.63. The van der Waals surface area contributed by atoms with E-state index >= 15 is 0 Å². The Labute approximate surface area is 166 Å². The highest BCUT2D eigenvalue weighted by atomic mass is 31.3. The minimum Gasteiger partial charge on any atom is -0.387 e. The van der Waals surface area contributed by atoms with Crippen molar-refractivity contribution in [3.8, 4) is 12.3 Å². The Bertz CT molecular complexity index is 1030. The zero-order valence-electron chi connectivity index (χ0n) is 14.4. The van der Waals surface area contributed by atoms with Crippen LogP contribution in [0, 0.1) is 12.3 Å². The molecule has 0 aliphatic carbocycles. The molecular weight excluding hydrogens is 477 g/mol. The second kappa shape index (κ2) is 9.07. The molecule has 0 amide bonds. The molecule has 3 unspecified atom stereocenters. The highest BCUT2D eigenvalue weighted by molar-refractivity contribution is 7.66. The van der Waals surface area contributed by atoms with Crippen LogP contribution in [0.2, 0.25) is 0 Å². The molecule has 0 radical (unpaired) electrons. The van der Waals surface area contributed by atoms with Crippen LogP contribution in [-0.2, 0) is 31.6 Å². The molecule has 2 heterocycles. The van der Waals surface area contributed by atoms with E-state index in [9.17, 15) is 33.6 Å². The van der Waals surface area contributed by atoms with Crippen LogP contribution in [0.5, 0.6) is 0 Å². The topological polar surface area (TPSA) is 255 Å². The first kappa shape index (κ1) is 25.0. The van der Waals surface area contributed by atoms with Crippen molar-refractivity contribution < 1.29 is 61.4 Å². The summed E-state index contributed by atoms with van der Waals surface area (Å²) in [6.07, 6.45) is 0.00377. The van der Waals surface area contributed by atoms with E-state index in [1.165, 1.54) is 0 Å². The molecule has 0 spiro atoms. The largest absolute Gasteiger partial charge is 0.490 e. The average molecular weight is 492 g/mol. The number of H-pyrrole nitrogens is 1. The zero-order chi connectivity index (χ0) is 22.9. The Morgan fingerprint density at radius 3 is 2.33 bits per heavy atom. The minimum absolute atomic E-state index is 0.00415. The molecule has 2 rings (SSSR count). The van der Waals surface area contributed by atoms with Gasteiger partial charge in [0.25, 0.3) is 0 Å². The molecule has 1 aromatic heterocycles. The lowest BCUT2D eigenvalue weighted by Gasteiger charge is -2.19. The molecular formula is C11H15N2O14P3. The predicted octanol–water partition coefficient (Wildman–Crippen LogP) is -1.74. The van der Waals surface area contributed by atoms with Gasteiger partial charge in [0.15, 0.2) is 0 Å². The third kappa shape index (κ3) is 6.61. The summed E-state index contributed by atoms with van der Waals surface area (Å²) in [5.74, 6) is 2.12. The van der Waals surface area contributed by atoms with Crippen molar-refractivity contribution in [2.24, 2.45) is 0 Å². The lowest BCUT2D eigenvalue weighted by Crippen LogP contribution is -2.33. The van der Waals surface area contributed by atoms with Crippen LogP contribution in [0.1, 0.15) is 17.4 Å². The molecule has 30 heavy (non-hydrogen) atoms. The van der Waals surface area contributed by atoms with Gasteiger partial charge in [-0.15, -0.1) is 6.42 Å². The molecule has 1 fully saturated rings. The second-order valence-corrected chi connectivity index (χ2v) is 10.0. The standard InChI is InChI=1S/C11H15N2O14P3/c1-2-6-5(3-12-11(16)13-6)10-9(15)8(14)7(25-10)4-24-29(20,21)27-30(22,23)26-28(17,18)19/h1,3,7-10,14-15H,4H2,(H,20,21)(H,22,23)(H,12,13,16)(H2,17,18,19)/t7-,8?,9+,10+/m1/s1. The molecule has 16 nitrogen and oxygen atoms in total. The molecule has 0 aromatic carbocycles. The molecule has 6 atom stereocenters. The number of aliphatic hydroxyl groups excluding tert-OH is 2. The monoisotopic (exact) mass is 492 g/mol. The van der Waals surface area contributed by atoms with Gasteiger partial charge in [-0.25, -0.2) is 23.5 Å². The van der Waals surface area contributed by atoms with Crippen LogP contribution < -0.4 is 5.69 Å². The number of phosphoric ester groups is 1. The van der Waals surface area contributed by atoms with Crippen LogP contribution in [0.15, 0.2) is 11.0 Å². The van der Waals surface area contributed by atoms with E-state index in [1.807, 2.05) is 0 Å². The van der Waals surface area contributed by atoms with Crippen LogP contribution in [-0.4, -0.2) is 64.7 Å². The van der Waals surface area contributed by atoms with Gasteiger partial charge in [-0.1, -0.05) is 5.92 Å². The number of terminal acetylenes is 1. The summed E-state index contributed by atoms with van der Waals surface area (Å²) < 4.78 is 50.3. The normalized spacial score (nSPS) is 28.4. The molecule has 19 heteroatoms. The van der Waals surface area contributed by atoms with Crippen LogP contribution in [0.4, 0.5) is 0 Å². The molecule has 1 aromatic rings. The number of hydrogen-bond acceptors (Lipinski definition) is 11. The van der Waals surface area contributed by atoms with Crippen molar-refractivity contribution in [1.29, 1.82) is 0 Å². The molecule has 7 N–H and O–H groups in total. The van der Waals surface area contributed by atoms with Gasteiger partial charge in [0, 0.05) is 11.8 Å². The quantitative estimate of drug-likeness (QED) is 0.157. The minimum atomic E-state index is -5.72. The number of hydrogen-bond donors (Lipinski definition) is 7. The van der Waals surface area contributed by atoms with E-state index in [0.29, 0.717) is 0 Å². The van der Waals surface area contributed by atoms with Gasteiger partial charge in [0.05, 0.1) is 6.61 Å². The van der Waals surface area contributed by atoms with E-state index < -0.39 is 60.2 Å². The number of nitrogens with zero attached hydrogens (tertiary/aromatic N) is 1. The smallest absolute Gasteiger partial charge is 0.387 e. The van der Waals surface area contributed by atoms with Gasteiger partial charge in [-0.05, 0) is 0 Å². The Hall–Kier alpha value is -1.27. The van der Waals surface area contributed by atoms with Crippen LogP contribution >= 0.6 is 23.5 Å². The summed E-state index contributed by atoms with van der Waals surface area (Å²) in [5.41, 5.74) is -0.895. The SMILES string of the molecule is C#Cc1[nH]c(=O)ncc1[C@@H]1O[C@H](COP(=O)(O)OP(=O)(O)OP(=O)(O)O)C(O)[C@@H]1O. The molecule has 0 bridgehead atoms. The van der Waals surface area contributed by atoms with Gasteiger partial charge >= 0.3 is 29.2 Å². The van der Waals surface area contributed by atoms with Crippen LogP contribution in [0.3, 0.4) is 0 Å². The summed E-state index contributed by atoms with van der Waals surface area (Å²) in [6.45, 7) is -0.999. The zero-order valence-corrected chi connectivity index (χ0v) is 17.1. The molecule has 1 aliphatic rings. The fraction of sp³-hybridized carbons (Fsp3) is 0.455. The van der Waals surface area contributed by atoms with Gasteiger partial charge in [-0.3, -0.25) is 9.51 Å². The predicted molar refractivity (Wildman–Crippen MR) is 92.2 cm³/mol. The first-order valence-electron chi connectivity index (χ1n) is 7.50. The van der Waals surface area contributed by atoms with Crippen molar-refractivity contribution in [1.82, 2.24) is 9.97 Å². The van der Waals surface area contributed by atoms with E-state index in [1.54, 1.807) is 0 Å². The first-order valence-corrected chi connectivity index (χ1v) is 12.0. The van der Waals surface area contributed by atoms with E-state index in [0.717, 1.165) is 6.20 Å². The number of aromatic nitrogens is 2. The average Bonchev–Trinajstić information content (AvgIpc) is 2.85. The van der Waals surface area contributed by atoms with Crippen molar-refractivity contribution in [2.75, 3.05) is 6.61 Å². The van der Waals surface area contributed by atoms with Crippen molar-refractivity contribution in [3.05, 3.63) is 27.9 Å². The lowest BCUT2D eigenvalue weighted by molar-refractivity contribution is -0.0225. The maximum absolute atomic E-state index is 11.7. The molecule has 0 saturated carbocycles. The molecule has 1 aliphatic heterocycles. The Kier molecular flexibility index (Phi) is 7.56. The number of rotatable bonds is 8.